The van der Waals surface area contributed by atoms with E-state index in [1.54, 1.807) is 0 Å². The summed E-state index contributed by atoms with van der Waals surface area (Å²) < 4.78 is 5.64. The largest absolute Gasteiger partial charge is 0.494 e. The highest BCUT2D eigenvalue weighted by Crippen LogP contribution is 2.30. The molecule has 2 nitrogen and oxygen atoms in total. The highest BCUT2D eigenvalue weighted by molar-refractivity contribution is 7.12. The molecule has 0 amide bonds. The molecule has 1 aromatic heterocycles. The molecular weight excluding hydrogens is 278 g/mol. The van der Waals surface area contributed by atoms with Crippen LogP contribution in [0.2, 0.25) is 0 Å². The molecule has 0 aliphatic heterocycles. The van der Waals surface area contributed by atoms with Crippen molar-refractivity contribution in [1.82, 2.24) is 5.32 Å². The van der Waals surface area contributed by atoms with Gasteiger partial charge in [0.1, 0.15) is 5.75 Å². The molecule has 0 aliphatic carbocycles. The van der Waals surface area contributed by atoms with Crippen LogP contribution in [-0.2, 0) is 6.42 Å². The number of ether oxygens (including phenoxy) is 1. The van der Waals surface area contributed by atoms with Gasteiger partial charge >= 0.3 is 0 Å². The third-order valence-electron chi connectivity index (χ3n) is 3.42. The van der Waals surface area contributed by atoms with Crippen LogP contribution in [0.15, 0.2) is 36.4 Å². The number of hydrogen-bond donors (Lipinski definition) is 1. The van der Waals surface area contributed by atoms with Gasteiger partial charge in [-0.1, -0.05) is 26.0 Å². The zero-order chi connectivity index (χ0) is 15.1. The van der Waals surface area contributed by atoms with Gasteiger partial charge in [0.05, 0.1) is 12.6 Å². The summed E-state index contributed by atoms with van der Waals surface area (Å²) in [6.45, 7) is 8.15. The van der Waals surface area contributed by atoms with E-state index in [0.717, 1.165) is 25.1 Å². The Bertz CT molecular complexity index is 550. The fourth-order valence-corrected chi connectivity index (χ4v) is 3.42. The number of aryl methyl sites for hydroxylation is 1. The lowest BCUT2D eigenvalue weighted by atomic mass is 10.0. The Morgan fingerprint density at radius 3 is 2.67 bits per heavy atom. The minimum Gasteiger partial charge on any atom is -0.494 e. The van der Waals surface area contributed by atoms with Crippen molar-refractivity contribution in [2.45, 2.75) is 39.7 Å². The normalized spacial score (nSPS) is 12.3. The van der Waals surface area contributed by atoms with Gasteiger partial charge in [-0.25, -0.2) is 0 Å². The molecule has 0 saturated carbocycles. The van der Waals surface area contributed by atoms with Crippen LogP contribution < -0.4 is 10.1 Å². The van der Waals surface area contributed by atoms with Crippen molar-refractivity contribution in [3.05, 3.63) is 51.7 Å². The van der Waals surface area contributed by atoms with Gasteiger partial charge in [0, 0.05) is 9.75 Å². The van der Waals surface area contributed by atoms with Crippen molar-refractivity contribution >= 4 is 11.3 Å². The van der Waals surface area contributed by atoms with Gasteiger partial charge in [-0.3, -0.25) is 0 Å². The Hall–Kier alpha value is -1.32. The van der Waals surface area contributed by atoms with Gasteiger partial charge in [0.2, 0.25) is 0 Å². The molecule has 1 unspecified atom stereocenters. The SMILES string of the molecule is CCCNC(c1cccc(OCC)c1)c1ccc(CC)s1. The number of rotatable bonds is 8. The van der Waals surface area contributed by atoms with Crippen molar-refractivity contribution in [1.29, 1.82) is 0 Å². The molecule has 0 bridgehead atoms. The molecule has 21 heavy (non-hydrogen) atoms. The predicted octanol–water partition coefficient (Wildman–Crippen LogP) is 4.80. The number of benzene rings is 1. The van der Waals surface area contributed by atoms with Crippen LogP contribution >= 0.6 is 11.3 Å². The summed E-state index contributed by atoms with van der Waals surface area (Å²) >= 11 is 1.90. The van der Waals surface area contributed by atoms with E-state index in [9.17, 15) is 0 Å². The first-order valence-corrected chi connectivity index (χ1v) is 8.64. The van der Waals surface area contributed by atoms with Crippen LogP contribution in [0.25, 0.3) is 0 Å². The van der Waals surface area contributed by atoms with E-state index in [2.05, 4.69) is 49.5 Å². The second-order valence-corrected chi connectivity index (χ2v) is 6.25. The number of hydrogen-bond acceptors (Lipinski definition) is 3. The minimum absolute atomic E-state index is 0.260. The number of thiophene rings is 1. The summed E-state index contributed by atoms with van der Waals surface area (Å²) in [5.74, 6) is 0.950. The van der Waals surface area contributed by atoms with Crippen LogP contribution in [0.4, 0.5) is 0 Å². The third kappa shape index (κ3) is 4.32. The first kappa shape index (κ1) is 16.1. The molecule has 0 fully saturated rings. The van der Waals surface area contributed by atoms with Gasteiger partial charge < -0.3 is 10.1 Å². The van der Waals surface area contributed by atoms with Crippen molar-refractivity contribution in [2.75, 3.05) is 13.2 Å². The third-order valence-corrected chi connectivity index (χ3v) is 4.71. The molecule has 0 spiro atoms. The van der Waals surface area contributed by atoms with Crippen LogP contribution in [0.1, 0.15) is 48.6 Å². The lowest BCUT2D eigenvalue weighted by molar-refractivity contribution is 0.339. The fourth-order valence-electron chi connectivity index (χ4n) is 2.36. The van der Waals surface area contributed by atoms with Crippen LogP contribution in [0, 0.1) is 0 Å². The van der Waals surface area contributed by atoms with Crippen molar-refractivity contribution in [3.63, 3.8) is 0 Å². The van der Waals surface area contributed by atoms with E-state index in [-0.39, 0.29) is 6.04 Å². The Morgan fingerprint density at radius 2 is 2.00 bits per heavy atom. The summed E-state index contributed by atoms with van der Waals surface area (Å²) in [5.41, 5.74) is 1.28. The van der Waals surface area contributed by atoms with Crippen molar-refractivity contribution in [2.24, 2.45) is 0 Å². The molecule has 3 heteroatoms. The molecular formula is C18H25NOS. The summed E-state index contributed by atoms with van der Waals surface area (Å²) in [6, 6.07) is 13.2. The molecule has 1 atom stereocenters. The van der Waals surface area contributed by atoms with E-state index >= 15 is 0 Å². The van der Waals surface area contributed by atoms with Gasteiger partial charge in [0.15, 0.2) is 0 Å². The maximum atomic E-state index is 5.64. The quantitative estimate of drug-likeness (QED) is 0.756. The second kappa shape index (κ2) is 8.20. The average molecular weight is 303 g/mol. The fraction of sp³-hybridized carbons (Fsp3) is 0.444. The van der Waals surface area contributed by atoms with E-state index in [1.807, 2.05) is 24.3 Å². The molecule has 2 aromatic rings. The summed E-state index contributed by atoms with van der Waals surface area (Å²) in [6.07, 6.45) is 2.23. The Morgan fingerprint density at radius 1 is 1.14 bits per heavy atom. The summed E-state index contributed by atoms with van der Waals surface area (Å²) in [5, 5.41) is 3.66. The maximum Gasteiger partial charge on any atom is 0.119 e. The minimum atomic E-state index is 0.260. The monoisotopic (exact) mass is 303 g/mol. The Kier molecular flexibility index (Phi) is 6.27. The van der Waals surface area contributed by atoms with E-state index in [4.69, 9.17) is 4.74 Å². The van der Waals surface area contributed by atoms with E-state index in [1.165, 1.54) is 15.3 Å². The molecule has 0 radical (unpaired) electrons. The molecule has 0 saturated heterocycles. The van der Waals surface area contributed by atoms with Crippen LogP contribution in [-0.4, -0.2) is 13.2 Å². The molecule has 1 aromatic carbocycles. The highest BCUT2D eigenvalue weighted by atomic mass is 32.1. The Labute approximate surface area is 132 Å². The molecule has 1 N–H and O–H groups in total. The number of nitrogens with one attached hydrogen (secondary N) is 1. The van der Waals surface area contributed by atoms with Crippen molar-refractivity contribution in [3.8, 4) is 5.75 Å². The van der Waals surface area contributed by atoms with E-state index < -0.39 is 0 Å². The lowest BCUT2D eigenvalue weighted by Gasteiger charge is -2.18. The van der Waals surface area contributed by atoms with Crippen LogP contribution in [0.3, 0.4) is 0 Å². The van der Waals surface area contributed by atoms with E-state index in [0.29, 0.717) is 6.61 Å². The lowest BCUT2D eigenvalue weighted by Crippen LogP contribution is -2.22. The summed E-state index contributed by atoms with van der Waals surface area (Å²) in [7, 11) is 0. The summed E-state index contributed by atoms with van der Waals surface area (Å²) in [4.78, 5) is 2.82. The van der Waals surface area contributed by atoms with Gasteiger partial charge in [-0.15, -0.1) is 11.3 Å². The zero-order valence-electron chi connectivity index (χ0n) is 13.2. The first-order valence-electron chi connectivity index (χ1n) is 7.83. The standard InChI is InChI=1S/C18H25NOS/c1-4-12-19-18(17-11-10-16(5-2)21-17)14-8-7-9-15(13-14)20-6-3/h7-11,13,18-19H,4-6,12H2,1-3H3. The molecule has 1 heterocycles. The predicted molar refractivity (Wildman–Crippen MR) is 91.4 cm³/mol. The highest BCUT2D eigenvalue weighted by Gasteiger charge is 2.16. The second-order valence-electron chi connectivity index (χ2n) is 5.05. The maximum absolute atomic E-state index is 5.64. The van der Waals surface area contributed by atoms with Gasteiger partial charge in [-0.2, -0.15) is 0 Å². The topological polar surface area (TPSA) is 21.3 Å². The smallest absolute Gasteiger partial charge is 0.119 e. The van der Waals surface area contributed by atoms with Gasteiger partial charge in [-0.05, 0) is 56.1 Å². The average Bonchev–Trinajstić information content (AvgIpc) is 2.97. The molecule has 2 rings (SSSR count). The molecule has 0 aliphatic rings. The van der Waals surface area contributed by atoms with Crippen LogP contribution in [0.5, 0.6) is 5.75 Å². The molecule has 114 valence electrons. The van der Waals surface area contributed by atoms with Gasteiger partial charge in [0.25, 0.3) is 0 Å². The first-order chi connectivity index (χ1) is 10.3. The zero-order valence-corrected chi connectivity index (χ0v) is 14.0. The Balaban J connectivity index is 2.28. The van der Waals surface area contributed by atoms with Crippen molar-refractivity contribution < 1.29 is 4.74 Å².